The molecular formula is C23H18BrClN4O. The van der Waals surface area contributed by atoms with Crippen molar-refractivity contribution < 1.29 is 4.74 Å². The highest BCUT2D eigenvalue weighted by Crippen LogP contribution is 2.38. The largest absolute Gasteiger partial charge is 0.457 e. The molecule has 5 nitrogen and oxygen atoms in total. The Morgan fingerprint density at radius 3 is 2.57 bits per heavy atom. The lowest BCUT2D eigenvalue weighted by atomic mass is 9.93. The van der Waals surface area contributed by atoms with Crippen LogP contribution in [0.1, 0.15) is 29.6 Å². The molecule has 4 aromatic rings. The van der Waals surface area contributed by atoms with Gasteiger partial charge in [0.2, 0.25) is 5.95 Å². The summed E-state index contributed by atoms with van der Waals surface area (Å²) in [5.74, 6) is 2.29. The molecule has 150 valence electrons. The molecule has 1 aliphatic rings. The Balaban J connectivity index is 1.45. The van der Waals surface area contributed by atoms with Gasteiger partial charge in [-0.05, 0) is 66.1 Å². The maximum absolute atomic E-state index is 6.03. The number of anilines is 1. The molecule has 0 saturated heterocycles. The van der Waals surface area contributed by atoms with E-state index in [9.17, 15) is 0 Å². The molecular weight excluding hydrogens is 464 g/mol. The van der Waals surface area contributed by atoms with Gasteiger partial charge in [-0.1, -0.05) is 51.8 Å². The number of aromatic nitrogens is 3. The first-order chi connectivity index (χ1) is 14.7. The number of halogens is 2. The van der Waals surface area contributed by atoms with Crippen molar-refractivity contribution in [3.8, 4) is 11.5 Å². The number of hydrogen-bond donors (Lipinski definition) is 1. The molecule has 0 unspecified atom stereocenters. The number of nitrogens with one attached hydrogen (secondary N) is 1. The molecule has 1 aliphatic heterocycles. The highest BCUT2D eigenvalue weighted by atomic mass is 79.9. The normalized spacial score (nSPS) is 17.8. The minimum atomic E-state index is 0.0474. The lowest BCUT2D eigenvalue weighted by Gasteiger charge is -2.32. The van der Waals surface area contributed by atoms with Gasteiger partial charge in [0.05, 0.1) is 12.1 Å². The van der Waals surface area contributed by atoms with Crippen LogP contribution in [0, 0.1) is 0 Å². The molecule has 5 rings (SSSR count). The SMILES string of the molecule is Clc1ccc(Oc2cccc([C@H]3C[C@@H](c4ccc(Br)cc4)Nc4ncnn43)c2)cc1. The lowest BCUT2D eigenvalue weighted by Crippen LogP contribution is -2.28. The Morgan fingerprint density at radius 1 is 0.967 bits per heavy atom. The van der Waals surface area contributed by atoms with Gasteiger partial charge in [-0.3, -0.25) is 0 Å². The van der Waals surface area contributed by atoms with Gasteiger partial charge in [0, 0.05) is 9.50 Å². The van der Waals surface area contributed by atoms with E-state index in [4.69, 9.17) is 16.3 Å². The van der Waals surface area contributed by atoms with E-state index in [0.717, 1.165) is 33.9 Å². The monoisotopic (exact) mass is 480 g/mol. The van der Waals surface area contributed by atoms with Crippen molar-refractivity contribution in [3.05, 3.63) is 99.7 Å². The van der Waals surface area contributed by atoms with Crippen LogP contribution in [0.15, 0.2) is 83.6 Å². The first-order valence-corrected chi connectivity index (χ1v) is 10.8. The van der Waals surface area contributed by atoms with Crippen molar-refractivity contribution in [1.82, 2.24) is 14.8 Å². The molecule has 2 heterocycles. The van der Waals surface area contributed by atoms with Gasteiger partial charge in [0.1, 0.15) is 17.8 Å². The highest BCUT2D eigenvalue weighted by molar-refractivity contribution is 9.10. The number of ether oxygens (including phenoxy) is 1. The van der Waals surface area contributed by atoms with E-state index < -0.39 is 0 Å². The molecule has 30 heavy (non-hydrogen) atoms. The number of benzene rings is 3. The molecule has 7 heteroatoms. The van der Waals surface area contributed by atoms with Gasteiger partial charge >= 0.3 is 0 Å². The summed E-state index contributed by atoms with van der Waals surface area (Å²) in [5, 5.41) is 8.65. The second kappa shape index (κ2) is 8.13. The Bertz CT molecular complexity index is 1160. The van der Waals surface area contributed by atoms with Crippen molar-refractivity contribution in [2.75, 3.05) is 5.32 Å². The van der Waals surface area contributed by atoms with Crippen molar-refractivity contribution >= 4 is 33.5 Å². The third-order valence-electron chi connectivity index (χ3n) is 5.20. The first-order valence-electron chi connectivity index (χ1n) is 9.60. The van der Waals surface area contributed by atoms with Gasteiger partial charge in [-0.25, -0.2) is 4.68 Å². The maximum Gasteiger partial charge on any atom is 0.222 e. The molecule has 0 spiro atoms. The van der Waals surface area contributed by atoms with E-state index in [1.807, 2.05) is 41.1 Å². The summed E-state index contributed by atoms with van der Waals surface area (Å²) in [4.78, 5) is 4.41. The van der Waals surface area contributed by atoms with Crippen LogP contribution in [0.4, 0.5) is 5.95 Å². The topological polar surface area (TPSA) is 52.0 Å². The lowest BCUT2D eigenvalue weighted by molar-refractivity contribution is 0.427. The average molecular weight is 482 g/mol. The Kier molecular flexibility index (Phi) is 5.19. The van der Waals surface area contributed by atoms with Crippen LogP contribution in [0.3, 0.4) is 0 Å². The quantitative estimate of drug-likeness (QED) is 0.355. The third-order valence-corrected chi connectivity index (χ3v) is 5.98. The standard InChI is InChI=1S/C23H18BrClN4O/c24-17-6-4-15(5-7-17)21-13-22(29-23(28-21)26-14-27-29)16-2-1-3-20(12-16)30-19-10-8-18(25)9-11-19/h1-12,14,21-22H,13H2,(H,26,27,28)/t21-,22+/m0/s1. The Labute approximate surface area is 187 Å². The van der Waals surface area contributed by atoms with E-state index in [0.29, 0.717) is 5.02 Å². The minimum Gasteiger partial charge on any atom is -0.457 e. The van der Waals surface area contributed by atoms with Gasteiger partial charge in [-0.2, -0.15) is 10.1 Å². The zero-order chi connectivity index (χ0) is 20.5. The van der Waals surface area contributed by atoms with E-state index in [1.54, 1.807) is 6.33 Å². The van der Waals surface area contributed by atoms with Gasteiger partial charge in [-0.15, -0.1) is 0 Å². The van der Waals surface area contributed by atoms with E-state index in [-0.39, 0.29) is 12.1 Å². The first kappa shape index (κ1) is 19.2. The molecule has 0 bridgehead atoms. The molecule has 1 N–H and O–H groups in total. The highest BCUT2D eigenvalue weighted by Gasteiger charge is 2.30. The summed E-state index contributed by atoms with van der Waals surface area (Å²) < 4.78 is 9.04. The smallest absolute Gasteiger partial charge is 0.222 e. The number of fused-ring (bicyclic) bond motifs is 1. The molecule has 0 saturated carbocycles. The van der Waals surface area contributed by atoms with Crippen LogP contribution in [0.5, 0.6) is 11.5 Å². The van der Waals surface area contributed by atoms with E-state index in [1.165, 1.54) is 5.56 Å². The number of hydrogen-bond acceptors (Lipinski definition) is 4. The van der Waals surface area contributed by atoms with Crippen LogP contribution in [-0.2, 0) is 0 Å². The van der Waals surface area contributed by atoms with Crippen molar-refractivity contribution in [2.45, 2.75) is 18.5 Å². The fourth-order valence-electron chi connectivity index (χ4n) is 3.74. The minimum absolute atomic E-state index is 0.0474. The second-order valence-corrected chi connectivity index (χ2v) is 8.51. The number of rotatable bonds is 4. The van der Waals surface area contributed by atoms with Crippen LogP contribution in [-0.4, -0.2) is 14.8 Å². The fourth-order valence-corrected chi connectivity index (χ4v) is 4.13. The van der Waals surface area contributed by atoms with Crippen LogP contribution in [0.25, 0.3) is 0 Å². The summed E-state index contributed by atoms with van der Waals surface area (Å²) >= 11 is 9.48. The summed E-state index contributed by atoms with van der Waals surface area (Å²) in [6.07, 6.45) is 2.44. The predicted molar refractivity (Wildman–Crippen MR) is 121 cm³/mol. The van der Waals surface area contributed by atoms with E-state index in [2.05, 4.69) is 67.7 Å². The molecule has 2 atom stereocenters. The molecule has 0 aliphatic carbocycles. The van der Waals surface area contributed by atoms with Gasteiger partial charge < -0.3 is 10.1 Å². The summed E-state index contributed by atoms with van der Waals surface area (Å²) in [6.45, 7) is 0. The van der Waals surface area contributed by atoms with Crippen LogP contribution in [0.2, 0.25) is 5.02 Å². The third kappa shape index (κ3) is 3.93. The van der Waals surface area contributed by atoms with Crippen molar-refractivity contribution in [1.29, 1.82) is 0 Å². The molecule has 0 amide bonds. The second-order valence-electron chi connectivity index (χ2n) is 7.16. The van der Waals surface area contributed by atoms with Crippen LogP contribution < -0.4 is 10.1 Å². The molecule has 1 aromatic heterocycles. The van der Waals surface area contributed by atoms with E-state index >= 15 is 0 Å². The predicted octanol–water partition coefficient (Wildman–Crippen LogP) is 6.63. The van der Waals surface area contributed by atoms with Gasteiger partial charge in [0.25, 0.3) is 0 Å². The zero-order valence-electron chi connectivity index (χ0n) is 15.9. The Morgan fingerprint density at radius 2 is 1.77 bits per heavy atom. The van der Waals surface area contributed by atoms with Crippen molar-refractivity contribution in [2.24, 2.45) is 0 Å². The van der Waals surface area contributed by atoms with Crippen molar-refractivity contribution in [3.63, 3.8) is 0 Å². The molecule has 0 radical (unpaired) electrons. The van der Waals surface area contributed by atoms with Gasteiger partial charge in [0.15, 0.2) is 0 Å². The summed E-state index contributed by atoms with van der Waals surface area (Å²) in [7, 11) is 0. The maximum atomic E-state index is 6.03. The molecule has 0 fully saturated rings. The van der Waals surface area contributed by atoms with Crippen LogP contribution >= 0.6 is 27.5 Å². The molecule has 3 aromatic carbocycles. The summed E-state index contributed by atoms with van der Waals surface area (Å²) in [6, 6.07) is 24.1. The zero-order valence-corrected chi connectivity index (χ0v) is 18.2. The average Bonchev–Trinajstić information content (AvgIpc) is 3.24. The summed E-state index contributed by atoms with van der Waals surface area (Å²) in [5.41, 5.74) is 2.34. The fraction of sp³-hybridized carbons (Fsp3) is 0.130. The number of nitrogens with zero attached hydrogens (tertiary/aromatic N) is 3. The Hall–Kier alpha value is -2.83.